The summed E-state index contributed by atoms with van der Waals surface area (Å²) in [4.78, 5) is 10.2. The van der Waals surface area contributed by atoms with Crippen LogP contribution in [0, 0.1) is 0 Å². The van der Waals surface area contributed by atoms with Gasteiger partial charge in [0, 0.05) is 5.97 Å². The van der Waals surface area contributed by atoms with Gasteiger partial charge in [-0.1, -0.05) is 96.6 Å². The Morgan fingerprint density at radius 3 is 1.66 bits per heavy atom. The molecule has 0 saturated heterocycles. The van der Waals surface area contributed by atoms with Gasteiger partial charge in [-0.15, -0.1) is 0 Å². The molecule has 1 fully saturated rings. The second kappa shape index (κ2) is 24.8. The van der Waals surface area contributed by atoms with Gasteiger partial charge in [0.25, 0.3) is 0 Å². The van der Waals surface area contributed by atoms with Crippen LogP contribution in [0.2, 0.25) is 0 Å². The van der Waals surface area contributed by atoms with Gasteiger partial charge in [0.15, 0.2) is 0 Å². The zero-order chi connectivity index (χ0) is 26.0. The first-order valence-electron chi connectivity index (χ1n) is 15.6. The van der Waals surface area contributed by atoms with Crippen LogP contribution in [-0.2, 0) is 4.79 Å². The Morgan fingerprint density at radius 1 is 0.686 bits per heavy atom. The van der Waals surface area contributed by atoms with Crippen LogP contribution in [0.4, 0.5) is 0 Å². The Hall–Kier alpha value is -0.830. The number of carbonyl (C=O) groups excluding carboxylic acids is 1. The number of rotatable bonds is 21. The lowest BCUT2D eigenvalue weighted by Crippen LogP contribution is -2.50. The number of hydrogen-bond donors (Lipinski definition) is 0. The van der Waals surface area contributed by atoms with Crippen molar-refractivity contribution in [2.24, 2.45) is 0 Å². The summed E-state index contributed by atoms with van der Waals surface area (Å²) >= 11 is 0. The summed E-state index contributed by atoms with van der Waals surface area (Å²) in [6.07, 6.45) is 33.9. The van der Waals surface area contributed by atoms with Crippen molar-refractivity contribution in [2.75, 3.05) is 20.6 Å². The highest BCUT2D eigenvalue weighted by molar-refractivity contribution is 5.64. The van der Waals surface area contributed by atoms with Crippen molar-refractivity contribution in [3.05, 3.63) is 12.2 Å². The van der Waals surface area contributed by atoms with Crippen molar-refractivity contribution >= 4 is 5.97 Å². The summed E-state index contributed by atoms with van der Waals surface area (Å²) in [5.41, 5.74) is 0. The summed E-state index contributed by atoms with van der Waals surface area (Å²) in [7, 11) is 4.89. The summed E-state index contributed by atoms with van der Waals surface area (Å²) in [5.74, 6) is -0.914. The van der Waals surface area contributed by atoms with Crippen molar-refractivity contribution in [1.29, 1.82) is 0 Å². The third kappa shape index (κ3) is 23.3. The highest BCUT2D eigenvalue weighted by Crippen LogP contribution is 2.26. The third-order valence-electron chi connectivity index (χ3n) is 7.79. The number of carboxylic acids is 1. The molecule has 0 aromatic heterocycles. The first kappa shape index (κ1) is 34.2. The third-order valence-corrected chi connectivity index (χ3v) is 7.79. The fourth-order valence-electron chi connectivity index (χ4n) is 5.25. The van der Waals surface area contributed by atoms with Crippen molar-refractivity contribution in [3.63, 3.8) is 0 Å². The monoisotopic (exact) mass is 493 g/mol. The molecule has 3 nitrogen and oxygen atoms in total. The van der Waals surface area contributed by atoms with Gasteiger partial charge >= 0.3 is 0 Å². The molecular weight excluding hydrogens is 430 g/mol. The molecule has 1 aliphatic rings. The van der Waals surface area contributed by atoms with Gasteiger partial charge < -0.3 is 14.4 Å². The highest BCUT2D eigenvalue weighted by atomic mass is 16.4. The molecule has 0 unspecified atom stereocenters. The van der Waals surface area contributed by atoms with Gasteiger partial charge in [-0.05, 0) is 77.0 Å². The van der Waals surface area contributed by atoms with Crippen LogP contribution in [0.3, 0.4) is 0 Å². The van der Waals surface area contributed by atoms with E-state index in [0.29, 0.717) is 0 Å². The molecule has 0 bridgehead atoms. The van der Waals surface area contributed by atoms with Crippen molar-refractivity contribution < 1.29 is 14.4 Å². The van der Waals surface area contributed by atoms with E-state index in [1.807, 2.05) is 0 Å². The number of nitrogens with zero attached hydrogens (tertiary/aromatic N) is 1. The van der Waals surface area contributed by atoms with Crippen LogP contribution >= 0.6 is 0 Å². The van der Waals surface area contributed by atoms with Gasteiger partial charge in [0.2, 0.25) is 0 Å². The number of aliphatic carboxylic acids is 1. The molecule has 3 heteroatoms. The summed E-state index contributed by atoms with van der Waals surface area (Å²) < 4.78 is 1.28. The maximum atomic E-state index is 10.2. The summed E-state index contributed by atoms with van der Waals surface area (Å²) in [6, 6.07) is 0.959. The van der Waals surface area contributed by atoms with E-state index in [-0.39, 0.29) is 6.42 Å². The van der Waals surface area contributed by atoms with Crippen molar-refractivity contribution in [1.82, 2.24) is 0 Å². The largest absolute Gasteiger partial charge is 0.550 e. The van der Waals surface area contributed by atoms with Gasteiger partial charge in [-0.2, -0.15) is 0 Å². The molecule has 1 aliphatic carbocycles. The molecule has 0 radical (unpaired) electrons. The Kier molecular flexibility index (Phi) is 24.3. The van der Waals surface area contributed by atoms with Gasteiger partial charge in [0.1, 0.15) is 0 Å². The normalized spacial score (nSPS) is 14.7. The minimum absolute atomic E-state index is 0.220. The van der Waals surface area contributed by atoms with Crippen LogP contribution in [0.15, 0.2) is 12.2 Å². The second-order valence-electron chi connectivity index (χ2n) is 11.6. The van der Waals surface area contributed by atoms with Crippen molar-refractivity contribution in [2.45, 2.75) is 168 Å². The van der Waals surface area contributed by atoms with E-state index >= 15 is 0 Å². The first-order chi connectivity index (χ1) is 16.9. The van der Waals surface area contributed by atoms with Crippen LogP contribution in [0.1, 0.15) is 162 Å². The minimum Gasteiger partial charge on any atom is -0.550 e. The quantitative estimate of drug-likeness (QED) is 0.0910. The summed E-state index contributed by atoms with van der Waals surface area (Å²) in [6.45, 7) is 5.94. The van der Waals surface area contributed by atoms with E-state index in [9.17, 15) is 9.90 Å². The molecule has 0 atom stereocenters. The predicted molar refractivity (Wildman–Crippen MR) is 152 cm³/mol. The van der Waals surface area contributed by atoms with E-state index in [4.69, 9.17) is 0 Å². The van der Waals surface area contributed by atoms with Gasteiger partial charge in [-0.3, -0.25) is 0 Å². The van der Waals surface area contributed by atoms with Crippen LogP contribution in [0.5, 0.6) is 0 Å². The Balaban J connectivity index is 0.000000686. The SMILES string of the molecule is CCCCCCCC/C=C\CCCCCCCC(=O)[O-].CCCCCC[N+](C)(C)C1CCCCC1. The molecule has 0 aliphatic heterocycles. The van der Waals surface area contributed by atoms with E-state index in [2.05, 4.69) is 40.1 Å². The fourth-order valence-corrected chi connectivity index (χ4v) is 5.25. The number of allylic oxidation sites excluding steroid dienone is 2. The molecule has 0 spiro atoms. The van der Waals surface area contributed by atoms with Crippen LogP contribution in [-0.4, -0.2) is 37.1 Å². The van der Waals surface area contributed by atoms with Crippen molar-refractivity contribution in [3.8, 4) is 0 Å². The maximum Gasteiger partial charge on any atom is 0.0886 e. The molecule has 0 aromatic carbocycles. The van der Waals surface area contributed by atoms with E-state index in [0.717, 1.165) is 25.3 Å². The van der Waals surface area contributed by atoms with Gasteiger partial charge in [-0.25, -0.2) is 0 Å². The van der Waals surface area contributed by atoms with E-state index < -0.39 is 5.97 Å². The van der Waals surface area contributed by atoms with Gasteiger partial charge in [0.05, 0.1) is 26.7 Å². The van der Waals surface area contributed by atoms with Crippen LogP contribution in [0.25, 0.3) is 0 Å². The lowest BCUT2D eigenvalue weighted by molar-refractivity contribution is -0.916. The Labute approximate surface area is 220 Å². The van der Waals surface area contributed by atoms with Crippen LogP contribution < -0.4 is 5.11 Å². The zero-order valence-corrected chi connectivity index (χ0v) is 24.5. The molecule has 35 heavy (non-hydrogen) atoms. The lowest BCUT2D eigenvalue weighted by Gasteiger charge is -2.40. The predicted octanol–water partition coefficient (Wildman–Crippen LogP) is 8.75. The first-order valence-corrected chi connectivity index (χ1v) is 15.6. The Bertz CT molecular complexity index is 480. The molecule has 0 aromatic rings. The molecule has 208 valence electrons. The van der Waals surface area contributed by atoms with E-state index in [1.54, 1.807) is 0 Å². The molecule has 0 N–H and O–H groups in total. The molecular formula is C32H63NO2. The molecule has 0 heterocycles. The number of carbonyl (C=O) groups is 1. The maximum absolute atomic E-state index is 10.2. The Morgan fingerprint density at radius 2 is 1.14 bits per heavy atom. The number of hydrogen-bond acceptors (Lipinski definition) is 2. The fraction of sp³-hybridized carbons (Fsp3) is 0.906. The lowest BCUT2D eigenvalue weighted by atomic mass is 9.93. The number of carboxylic acid groups (broad SMARTS) is 1. The molecule has 0 amide bonds. The topological polar surface area (TPSA) is 40.1 Å². The smallest absolute Gasteiger partial charge is 0.0886 e. The zero-order valence-electron chi connectivity index (χ0n) is 24.5. The van der Waals surface area contributed by atoms with E-state index in [1.165, 1.54) is 133 Å². The number of unbranched alkanes of at least 4 members (excludes halogenated alkanes) is 14. The highest BCUT2D eigenvalue weighted by Gasteiger charge is 2.28. The average molecular weight is 494 g/mol. The molecule has 1 rings (SSSR count). The standard InChI is InChI=1S/C18H34O2.C14H30N/c1-2-3-4-5-6-7-8-9-10-11-12-13-14-15-16-17-18(19)20;1-4-5-6-10-13-15(2,3)14-11-8-7-9-12-14/h9-10H,2-8,11-17H2,1H3,(H,19,20);14H,4-13H2,1-3H3/q;+1/p-1/b10-9-;. The average Bonchev–Trinajstić information content (AvgIpc) is 2.85. The number of quaternary nitrogens is 1. The summed E-state index contributed by atoms with van der Waals surface area (Å²) in [5, 5.41) is 10.2. The molecule has 1 saturated carbocycles. The second-order valence-corrected chi connectivity index (χ2v) is 11.6. The minimum atomic E-state index is -0.914.